The number of rotatable bonds is 20. The molecule has 0 bridgehead atoms. The lowest BCUT2D eigenvalue weighted by Crippen LogP contribution is -2.61. The number of carbonyl (C=O) groups excluding carboxylic acids is 6. The van der Waals surface area contributed by atoms with Gasteiger partial charge in [0.15, 0.2) is 0 Å². The van der Waals surface area contributed by atoms with E-state index in [2.05, 4.69) is 41.2 Å². The van der Waals surface area contributed by atoms with Gasteiger partial charge in [-0.15, -0.1) is 0 Å². The fraction of sp³-hybridized carbons (Fsp3) is 0.429. The number of H-pyrrole nitrogens is 2. The first kappa shape index (κ1) is 43.8. The Labute approximate surface area is 343 Å². The number of hydrogen-bond acceptors (Lipinski definition) is 10. The summed E-state index contributed by atoms with van der Waals surface area (Å²) in [4.78, 5) is 98.4. The standard InChI is InChI=1S/C42H54N10O7/c1-4-26(2)36(51-37(53)31(43)18-27-12-7-5-8-13-27)40(56)49-33(21-30-23-45-25-47-30)38(54)48-32(20-29-22-44-24-46-29)39(55)50-34(19-28-14-9-6-10-15-28)41(57)52-17-11-16-35(52)42(58)59-3/h5-10,12-15,22-26,31-36H,4,11,16-21,43H2,1-3H3,(H,44,46)(H,45,47)(H,48,54)(H,49,56)(H,50,55)(H,51,53)/t26-,31+,32-,33+,34+,35-,36-/m0/s1. The van der Waals surface area contributed by atoms with E-state index in [0.29, 0.717) is 37.2 Å². The third kappa shape index (κ3) is 12.3. The minimum absolute atomic E-state index is 0.0640. The maximum absolute atomic E-state index is 14.3. The summed E-state index contributed by atoms with van der Waals surface area (Å²) in [5.74, 6) is -3.91. The van der Waals surface area contributed by atoms with Gasteiger partial charge in [-0.25, -0.2) is 14.8 Å². The molecule has 1 aliphatic rings. The van der Waals surface area contributed by atoms with Gasteiger partial charge in [0, 0.05) is 38.2 Å². The van der Waals surface area contributed by atoms with Crippen LogP contribution in [0.5, 0.6) is 0 Å². The number of likely N-dealkylation sites (tertiary alicyclic amines) is 1. The first-order valence-electron chi connectivity index (χ1n) is 19.9. The molecule has 7 atom stereocenters. The molecule has 0 aliphatic carbocycles. The van der Waals surface area contributed by atoms with E-state index in [1.165, 1.54) is 24.7 Å². The molecule has 314 valence electrons. The summed E-state index contributed by atoms with van der Waals surface area (Å²) in [6.07, 6.45) is 7.78. The molecule has 8 N–H and O–H groups in total. The molecule has 4 aromatic rings. The fourth-order valence-corrected chi connectivity index (χ4v) is 7.03. The highest BCUT2D eigenvalue weighted by molar-refractivity contribution is 5.97. The van der Waals surface area contributed by atoms with Crippen molar-refractivity contribution in [2.45, 2.75) is 95.0 Å². The van der Waals surface area contributed by atoms with Crippen molar-refractivity contribution in [1.29, 1.82) is 0 Å². The summed E-state index contributed by atoms with van der Waals surface area (Å²) in [5.41, 5.74) is 8.79. The van der Waals surface area contributed by atoms with Crippen molar-refractivity contribution in [1.82, 2.24) is 46.1 Å². The molecule has 0 unspecified atom stereocenters. The van der Waals surface area contributed by atoms with E-state index in [4.69, 9.17) is 10.5 Å². The summed E-state index contributed by atoms with van der Waals surface area (Å²) in [5, 5.41) is 11.2. The van der Waals surface area contributed by atoms with Crippen LogP contribution in [0.15, 0.2) is 85.7 Å². The Kier molecular flexibility index (Phi) is 15.9. The smallest absolute Gasteiger partial charge is 0.328 e. The number of esters is 1. The predicted molar refractivity (Wildman–Crippen MR) is 217 cm³/mol. The lowest BCUT2D eigenvalue weighted by atomic mass is 9.96. The molecule has 59 heavy (non-hydrogen) atoms. The number of imidazole rings is 2. The molecular formula is C42H54N10O7. The number of aromatic nitrogens is 4. The second-order valence-corrected chi connectivity index (χ2v) is 14.8. The average molecular weight is 811 g/mol. The fourth-order valence-electron chi connectivity index (χ4n) is 7.03. The molecule has 3 heterocycles. The Balaban J connectivity index is 1.37. The highest BCUT2D eigenvalue weighted by atomic mass is 16.5. The lowest BCUT2D eigenvalue weighted by Gasteiger charge is -2.30. The number of benzene rings is 2. The third-order valence-corrected chi connectivity index (χ3v) is 10.5. The molecule has 17 nitrogen and oxygen atoms in total. The van der Waals surface area contributed by atoms with Gasteiger partial charge in [0.2, 0.25) is 29.5 Å². The molecule has 0 spiro atoms. The zero-order valence-corrected chi connectivity index (χ0v) is 33.6. The van der Waals surface area contributed by atoms with Gasteiger partial charge in [-0.2, -0.15) is 0 Å². The number of ether oxygens (including phenoxy) is 1. The Morgan fingerprint density at radius 3 is 1.78 bits per heavy atom. The molecule has 17 heteroatoms. The van der Waals surface area contributed by atoms with Crippen LogP contribution in [0.4, 0.5) is 0 Å². The van der Waals surface area contributed by atoms with Crippen molar-refractivity contribution in [2.24, 2.45) is 11.7 Å². The summed E-state index contributed by atoms with van der Waals surface area (Å²) < 4.78 is 4.97. The lowest BCUT2D eigenvalue weighted by molar-refractivity contribution is -0.152. The first-order chi connectivity index (χ1) is 28.5. The van der Waals surface area contributed by atoms with Crippen molar-refractivity contribution >= 4 is 35.5 Å². The summed E-state index contributed by atoms with van der Waals surface area (Å²) in [6, 6.07) is 12.0. The Hall–Kier alpha value is -6.36. The van der Waals surface area contributed by atoms with Crippen LogP contribution < -0.4 is 27.0 Å². The van der Waals surface area contributed by atoms with Gasteiger partial charge >= 0.3 is 5.97 Å². The highest BCUT2D eigenvalue weighted by Gasteiger charge is 2.40. The first-order valence-corrected chi connectivity index (χ1v) is 19.9. The van der Waals surface area contributed by atoms with E-state index in [9.17, 15) is 28.8 Å². The Morgan fingerprint density at radius 1 is 0.746 bits per heavy atom. The van der Waals surface area contributed by atoms with Crippen LogP contribution in [0.1, 0.15) is 55.6 Å². The minimum Gasteiger partial charge on any atom is -0.467 e. The van der Waals surface area contributed by atoms with Crippen molar-refractivity contribution in [3.63, 3.8) is 0 Å². The third-order valence-electron chi connectivity index (χ3n) is 10.5. The molecule has 0 saturated carbocycles. The number of aromatic amines is 2. The van der Waals surface area contributed by atoms with Crippen LogP contribution in [-0.4, -0.2) is 110 Å². The average Bonchev–Trinajstić information content (AvgIpc) is 4.06. The Morgan fingerprint density at radius 2 is 1.27 bits per heavy atom. The molecule has 2 aromatic heterocycles. The normalized spacial score (nSPS) is 16.7. The molecule has 1 aliphatic heterocycles. The van der Waals surface area contributed by atoms with Crippen molar-refractivity contribution in [3.05, 3.63) is 108 Å². The number of carbonyl (C=O) groups is 6. The van der Waals surface area contributed by atoms with Crippen LogP contribution >= 0.6 is 0 Å². The summed E-state index contributed by atoms with van der Waals surface area (Å²) in [6.45, 7) is 3.99. The summed E-state index contributed by atoms with van der Waals surface area (Å²) in [7, 11) is 1.26. The van der Waals surface area contributed by atoms with E-state index in [0.717, 1.165) is 11.1 Å². The van der Waals surface area contributed by atoms with Crippen LogP contribution in [-0.2, 0) is 59.2 Å². The second kappa shape index (κ2) is 21.4. The van der Waals surface area contributed by atoms with E-state index >= 15 is 0 Å². The van der Waals surface area contributed by atoms with Crippen molar-refractivity contribution in [3.8, 4) is 0 Å². The number of methoxy groups -OCH3 is 1. The Bertz CT molecular complexity index is 1980. The molecule has 1 fully saturated rings. The van der Waals surface area contributed by atoms with Crippen LogP contribution in [0.2, 0.25) is 0 Å². The molecule has 0 radical (unpaired) electrons. The molecule has 1 saturated heterocycles. The van der Waals surface area contributed by atoms with Gasteiger partial charge < -0.3 is 46.6 Å². The van der Waals surface area contributed by atoms with Gasteiger partial charge in [0.25, 0.3) is 0 Å². The van der Waals surface area contributed by atoms with E-state index in [1.54, 1.807) is 12.4 Å². The van der Waals surface area contributed by atoms with Crippen LogP contribution in [0, 0.1) is 5.92 Å². The topological polar surface area (TPSA) is 246 Å². The monoisotopic (exact) mass is 810 g/mol. The van der Waals surface area contributed by atoms with E-state index < -0.39 is 71.8 Å². The molecule has 2 aromatic carbocycles. The van der Waals surface area contributed by atoms with Gasteiger partial charge in [-0.1, -0.05) is 80.9 Å². The minimum atomic E-state index is -1.27. The summed E-state index contributed by atoms with van der Waals surface area (Å²) >= 11 is 0. The maximum Gasteiger partial charge on any atom is 0.328 e. The van der Waals surface area contributed by atoms with E-state index in [1.807, 2.05) is 74.5 Å². The van der Waals surface area contributed by atoms with Crippen molar-refractivity contribution < 1.29 is 33.5 Å². The highest BCUT2D eigenvalue weighted by Crippen LogP contribution is 2.21. The number of hydrogen-bond donors (Lipinski definition) is 7. The quantitative estimate of drug-likeness (QED) is 0.0622. The number of amides is 5. The maximum atomic E-state index is 14.3. The second-order valence-electron chi connectivity index (χ2n) is 14.8. The molecule has 5 rings (SSSR count). The number of nitrogens with zero attached hydrogens (tertiary/aromatic N) is 3. The van der Waals surface area contributed by atoms with Crippen molar-refractivity contribution in [2.75, 3.05) is 13.7 Å². The van der Waals surface area contributed by atoms with Crippen LogP contribution in [0.3, 0.4) is 0 Å². The van der Waals surface area contributed by atoms with Gasteiger partial charge in [0.05, 0.1) is 37.2 Å². The van der Waals surface area contributed by atoms with E-state index in [-0.39, 0.29) is 31.6 Å². The van der Waals surface area contributed by atoms with Gasteiger partial charge in [-0.05, 0) is 36.3 Å². The van der Waals surface area contributed by atoms with Gasteiger partial charge in [0.1, 0.15) is 30.2 Å². The van der Waals surface area contributed by atoms with Crippen LogP contribution in [0.25, 0.3) is 0 Å². The largest absolute Gasteiger partial charge is 0.467 e. The zero-order chi connectivity index (χ0) is 42.3. The number of nitrogens with one attached hydrogen (secondary N) is 6. The zero-order valence-electron chi connectivity index (χ0n) is 33.6. The number of nitrogens with two attached hydrogens (primary N) is 1. The molecular weight excluding hydrogens is 757 g/mol. The SMILES string of the molecule is CC[C@H](C)[C@H](NC(=O)[C@H](N)Cc1ccccc1)C(=O)N[C@H](Cc1c[nH]cn1)C(=O)N[C@@H](Cc1c[nH]cn1)C(=O)N[C@H](Cc1ccccc1)C(=O)N1CCC[C@H]1C(=O)OC. The predicted octanol–water partition coefficient (Wildman–Crippen LogP) is 0.880. The molecule has 5 amide bonds. The van der Waals surface area contributed by atoms with Gasteiger partial charge in [-0.3, -0.25) is 24.0 Å².